The van der Waals surface area contributed by atoms with Crippen molar-refractivity contribution in [2.24, 2.45) is 5.10 Å². The molecule has 9 heteroatoms. The summed E-state index contributed by atoms with van der Waals surface area (Å²) in [6.07, 6.45) is -10.8. The second-order valence-corrected chi connectivity index (χ2v) is 2.79. The van der Waals surface area contributed by atoms with Crippen LogP contribution in [0.15, 0.2) is 5.10 Å². The van der Waals surface area contributed by atoms with Crippen molar-refractivity contribution in [1.29, 1.82) is 0 Å². The van der Waals surface area contributed by atoms with E-state index in [-0.39, 0.29) is 5.01 Å². The SMILES string of the molecule is O=C1CC(C(F)(F)F)=NN1CC(F)(F)F. The second kappa shape index (κ2) is 3.38. The zero-order chi connectivity index (χ0) is 11.9. The predicted octanol–water partition coefficient (Wildman–Crippen LogP) is 1.70. The summed E-state index contributed by atoms with van der Waals surface area (Å²) in [5, 5.41) is 2.36. The van der Waals surface area contributed by atoms with E-state index in [0.29, 0.717) is 0 Å². The number of halogens is 6. The fraction of sp³-hybridized carbons (Fsp3) is 0.667. The highest BCUT2D eigenvalue weighted by Gasteiger charge is 2.44. The quantitative estimate of drug-likeness (QED) is 0.635. The Morgan fingerprint density at radius 3 is 2.07 bits per heavy atom. The van der Waals surface area contributed by atoms with Gasteiger partial charge in [0.2, 0.25) is 5.91 Å². The maximum atomic E-state index is 11.9. The van der Waals surface area contributed by atoms with Gasteiger partial charge in [-0.2, -0.15) is 31.4 Å². The first-order valence-electron chi connectivity index (χ1n) is 3.61. The zero-order valence-electron chi connectivity index (χ0n) is 6.98. The van der Waals surface area contributed by atoms with E-state index in [1.165, 1.54) is 0 Å². The van der Waals surface area contributed by atoms with Crippen molar-refractivity contribution in [3.63, 3.8) is 0 Å². The highest BCUT2D eigenvalue weighted by atomic mass is 19.4. The molecule has 0 saturated carbocycles. The Kier molecular flexibility index (Phi) is 2.66. The van der Waals surface area contributed by atoms with Gasteiger partial charge in [-0.15, -0.1) is 0 Å². The average molecular weight is 234 g/mol. The molecule has 0 fully saturated rings. The summed E-state index contributed by atoms with van der Waals surface area (Å²) in [6, 6.07) is 0. The molecule has 0 atom stereocenters. The minimum Gasteiger partial charge on any atom is -0.273 e. The third kappa shape index (κ3) is 3.10. The minimum absolute atomic E-state index is 0.219. The molecule has 0 unspecified atom stereocenters. The fourth-order valence-corrected chi connectivity index (χ4v) is 0.922. The summed E-state index contributed by atoms with van der Waals surface area (Å²) >= 11 is 0. The van der Waals surface area contributed by atoms with Crippen LogP contribution in [0.5, 0.6) is 0 Å². The first-order valence-corrected chi connectivity index (χ1v) is 3.61. The van der Waals surface area contributed by atoms with Crippen LogP contribution in [0.2, 0.25) is 0 Å². The molecule has 1 aliphatic rings. The largest absolute Gasteiger partial charge is 0.431 e. The smallest absolute Gasteiger partial charge is 0.273 e. The van der Waals surface area contributed by atoms with Gasteiger partial charge >= 0.3 is 12.4 Å². The Balaban J connectivity index is 2.77. The van der Waals surface area contributed by atoms with Gasteiger partial charge in [-0.05, 0) is 0 Å². The van der Waals surface area contributed by atoms with E-state index in [4.69, 9.17) is 0 Å². The molecule has 1 heterocycles. The zero-order valence-corrected chi connectivity index (χ0v) is 6.98. The minimum atomic E-state index is -4.87. The average Bonchev–Trinajstić information content (AvgIpc) is 2.27. The number of hydrogen-bond donors (Lipinski definition) is 0. The van der Waals surface area contributed by atoms with Crippen molar-refractivity contribution in [3.8, 4) is 0 Å². The standard InChI is InChI=1S/C6H4F6N2O/c7-5(8,9)2-14-4(15)1-3(13-14)6(10,11)12/h1-2H2. The number of rotatable bonds is 1. The van der Waals surface area contributed by atoms with Gasteiger partial charge in [0.15, 0.2) is 5.71 Å². The number of alkyl halides is 6. The Morgan fingerprint density at radius 2 is 1.73 bits per heavy atom. The van der Waals surface area contributed by atoms with E-state index in [0.717, 1.165) is 0 Å². The van der Waals surface area contributed by atoms with E-state index < -0.39 is 36.9 Å². The van der Waals surface area contributed by atoms with Gasteiger partial charge in [-0.3, -0.25) is 4.79 Å². The molecule has 1 aliphatic heterocycles. The van der Waals surface area contributed by atoms with Crippen LogP contribution in [0.3, 0.4) is 0 Å². The Bertz CT molecular complexity index is 304. The molecule has 0 aliphatic carbocycles. The molecular formula is C6H4F6N2O. The van der Waals surface area contributed by atoms with E-state index in [1.807, 2.05) is 0 Å². The van der Waals surface area contributed by atoms with Gasteiger partial charge in [0, 0.05) is 0 Å². The van der Waals surface area contributed by atoms with Crippen LogP contribution in [0.25, 0.3) is 0 Å². The van der Waals surface area contributed by atoms with E-state index >= 15 is 0 Å². The van der Waals surface area contributed by atoms with Crippen molar-refractivity contribution in [1.82, 2.24) is 5.01 Å². The summed E-state index contributed by atoms with van der Waals surface area (Å²) in [4.78, 5) is 10.7. The van der Waals surface area contributed by atoms with Crippen LogP contribution in [-0.2, 0) is 4.79 Å². The van der Waals surface area contributed by atoms with Crippen LogP contribution in [-0.4, -0.2) is 35.5 Å². The Labute approximate surface area is 79.3 Å². The number of hydrazone groups is 1. The molecule has 0 aromatic rings. The molecule has 0 bridgehead atoms. The molecule has 0 radical (unpaired) electrons. The number of nitrogens with zero attached hydrogens (tertiary/aromatic N) is 2. The number of carbonyl (C=O) groups excluding carboxylic acids is 1. The third-order valence-corrected chi connectivity index (χ3v) is 1.50. The van der Waals surface area contributed by atoms with Crippen molar-refractivity contribution < 1.29 is 31.1 Å². The maximum Gasteiger partial charge on any atom is 0.431 e. The second-order valence-electron chi connectivity index (χ2n) is 2.79. The summed E-state index contributed by atoms with van der Waals surface area (Å²) in [5.74, 6) is -1.31. The summed E-state index contributed by atoms with van der Waals surface area (Å²) in [5.41, 5.74) is -1.50. The Hall–Kier alpha value is -1.28. The molecule has 1 amide bonds. The van der Waals surface area contributed by atoms with Crippen LogP contribution in [0.1, 0.15) is 6.42 Å². The van der Waals surface area contributed by atoms with Crippen molar-refractivity contribution in [2.45, 2.75) is 18.8 Å². The lowest BCUT2D eigenvalue weighted by Crippen LogP contribution is -2.32. The lowest BCUT2D eigenvalue weighted by molar-refractivity contribution is -0.159. The van der Waals surface area contributed by atoms with Crippen molar-refractivity contribution in [2.75, 3.05) is 6.54 Å². The van der Waals surface area contributed by atoms with Crippen LogP contribution >= 0.6 is 0 Å². The fourth-order valence-electron chi connectivity index (χ4n) is 0.922. The maximum absolute atomic E-state index is 11.9. The molecule has 0 saturated heterocycles. The van der Waals surface area contributed by atoms with E-state index in [2.05, 4.69) is 5.10 Å². The van der Waals surface area contributed by atoms with Gasteiger partial charge in [0.1, 0.15) is 6.54 Å². The summed E-state index contributed by atoms with van der Waals surface area (Å²) in [7, 11) is 0. The predicted molar refractivity (Wildman–Crippen MR) is 35.9 cm³/mol. The Morgan fingerprint density at radius 1 is 1.20 bits per heavy atom. The van der Waals surface area contributed by atoms with Crippen LogP contribution < -0.4 is 0 Å². The summed E-state index contributed by atoms with van der Waals surface area (Å²) in [6.45, 7) is -1.80. The normalized spacial score (nSPS) is 18.4. The van der Waals surface area contributed by atoms with E-state index in [9.17, 15) is 31.1 Å². The molecule has 0 aromatic carbocycles. The number of hydrogen-bond acceptors (Lipinski definition) is 2. The topological polar surface area (TPSA) is 32.7 Å². The first-order chi connectivity index (χ1) is 6.59. The molecule has 1 rings (SSSR count). The summed E-state index contributed by atoms with van der Waals surface area (Å²) < 4.78 is 71.1. The molecule has 15 heavy (non-hydrogen) atoms. The monoisotopic (exact) mass is 234 g/mol. The highest BCUT2D eigenvalue weighted by Crippen LogP contribution is 2.26. The van der Waals surface area contributed by atoms with Crippen molar-refractivity contribution >= 4 is 11.6 Å². The molecular weight excluding hydrogens is 230 g/mol. The van der Waals surface area contributed by atoms with Gasteiger partial charge in [0.25, 0.3) is 0 Å². The molecule has 0 N–H and O–H groups in total. The molecule has 0 spiro atoms. The third-order valence-electron chi connectivity index (χ3n) is 1.50. The van der Waals surface area contributed by atoms with Gasteiger partial charge < -0.3 is 0 Å². The first kappa shape index (κ1) is 11.8. The highest BCUT2D eigenvalue weighted by molar-refractivity contribution is 6.07. The molecule has 3 nitrogen and oxygen atoms in total. The van der Waals surface area contributed by atoms with Crippen LogP contribution in [0, 0.1) is 0 Å². The number of carbonyl (C=O) groups is 1. The molecule has 86 valence electrons. The number of amides is 1. The van der Waals surface area contributed by atoms with Gasteiger partial charge in [-0.1, -0.05) is 0 Å². The van der Waals surface area contributed by atoms with Crippen LogP contribution in [0.4, 0.5) is 26.3 Å². The van der Waals surface area contributed by atoms with E-state index in [1.54, 1.807) is 0 Å². The molecule has 0 aromatic heterocycles. The lowest BCUT2D eigenvalue weighted by atomic mass is 10.3. The van der Waals surface area contributed by atoms with Crippen molar-refractivity contribution in [3.05, 3.63) is 0 Å². The van der Waals surface area contributed by atoms with Gasteiger partial charge in [-0.25, -0.2) is 5.01 Å². The van der Waals surface area contributed by atoms with Gasteiger partial charge in [0.05, 0.1) is 6.42 Å². The lowest BCUT2D eigenvalue weighted by Gasteiger charge is -2.13.